The molecule has 2 unspecified atom stereocenters. The van der Waals surface area contributed by atoms with Crippen LogP contribution in [-0.4, -0.2) is 36.3 Å². The Kier molecular flexibility index (Phi) is 4.24. The quantitative estimate of drug-likeness (QED) is 0.879. The molecule has 1 saturated heterocycles. The van der Waals surface area contributed by atoms with E-state index in [1.165, 1.54) is 25.3 Å². The highest BCUT2D eigenvalue weighted by Crippen LogP contribution is 2.25. The van der Waals surface area contributed by atoms with Crippen molar-refractivity contribution in [2.75, 3.05) is 12.4 Å². The molecule has 0 saturated carbocycles. The highest BCUT2D eigenvalue weighted by atomic mass is 16.5. The van der Waals surface area contributed by atoms with Gasteiger partial charge in [0.2, 0.25) is 0 Å². The maximum absolute atomic E-state index is 12.1. The first-order valence-electron chi connectivity index (χ1n) is 6.39. The lowest BCUT2D eigenvalue weighted by atomic mass is 10.1. The van der Waals surface area contributed by atoms with E-state index in [2.05, 4.69) is 5.32 Å². The summed E-state index contributed by atoms with van der Waals surface area (Å²) in [6, 6.07) is 4.42. The van der Waals surface area contributed by atoms with Crippen LogP contribution in [-0.2, 0) is 9.53 Å². The molecule has 1 aliphatic rings. The summed E-state index contributed by atoms with van der Waals surface area (Å²) in [5, 5.41) is 11.7. The highest BCUT2D eigenvalue weighted by Gasteiger charge is 2.29. The summed E-state index contributed by atoms with van der Waals surface area (Å²) in [6.07, 6.45) is 0.981. The summed E-state index contributed by atoms with van der Waals surface area (Å²) < 4.78 is 10.5. The molecular weight excluding hydrogens is 262 g/mol. The number of amides is 1. The first-order chi connectivity index (χ1) is 9.51. The molecule has 0 aromatic heterocycles. The van der Waals surface area contributed by atoms with E-state index in [1.807, 2.05) is 6.92 Å². The number of nitrogens with one attached hydrogen (secondary N) is 1. The number of rotatable bonds is 4. The molecule has 1 amide bonds. The summed E-state index contributed by atoms with van der Waals surface area (Å²) in [6.45, 7) is 1.90. The molecule has 1 fully saturated rings. The van der Waals surface area contributed by atoms with Crippen LogP contribution in [0.1, 0.15) is 30.1 Å². The first kappa shape index (κ1) is 14.3. The predicted molar refractivity (Wildman–Crippen MR) is 72.2 cm³/mol. The standard InChI is InChI=1S/C14H17NO5/c1-8-3-6-12(20-8)13(16)15-11-7-9(19-2)4-5-10(11)14(17)18/h4-5,7-8,12H,3,6H2,1-2H3,(H,15,16)(H,17,18). The van der Waals surface area contributed by atoms with Gasteiger partial charge in [-0.1, -0.05) is 0 Å². The van der Waals surface area contributed by atoms with Gasteiger partial charge in [-0.3, -0.25) is 4.79 Å². The Labute approximate surface area is 116 Å². The maximum atomic E-state index is 12.1. The minimum atomic E-state index is -1.11. The smallest absolute Gasteiger partial charge is 0.337 e. The number of methoxy groups -OCH3 is 1. The van der Waals surface area contributed by atoms with Gasteiger partial charge in [0.05, 0.1) is 24.5 Å². The Bertz CT molecular complexity index is 528. The number of aromatic carboxylic acids is 1. The zero-order valence-corrected chi connectivity index (χ0v) is 11.4. The number of carboxylic acids is 1. The predicted octanol–water partition coefficient (Wildman–Crippen LogP) is 1.90. The fourth-order valence-electron chi connectivity index (χ4n) is 2.15. The summed E-state index contributed by atoms with van der Waals surface area (Å²) in [4.78, 5) is 23.2. The summed E-state index contributed by atoms with van der Waals surface area (Å²) >= 11 is 0. The first-order valence-corrected chi connectivity index (χ1v) is 6.39. The Morgan fingerprint density at radius 3 is 2.70 bits per heavy atom. The van der Waals surface area contributed by atoms with Gasteiger partial charge in [-0.15, -0.1) is 0 Å². The average Bonchev–Trinajstić information content (AvgIpc) is 2.85. The molecule has 6 heteroatoms. The largest absolute Gasteiger partial charge is 0.497 e. The summed E-state index contributed by atoms with van der Waals surface area (Å²) in [7, 11) is 1.48. The molecule has 2 atom stereocenters. The zero-order valence-electron chi connectivity index (χ0n) is 11.4. The maximum Gasteiger partial charge on any atom is 0.337 e. The fourth-order valence-corrected chi connectivity index (χ4v) is 2.15. The molecule has 20 heavy (non-hydrogen) atoms. The lowest BCUT2D eigenvalue weighted by Crippen LogP contribution is -2.28. The van der Waals surface area contributed by atoms with Crippen LogP contribution < -0.4 is 10.1 Å². The number of carbonyl (C=O) groups is 2. The average molecular weight is 279 g/mol. The van der Waals surface area contributed by atoms with Crippen molar-refractivity contribution in [2.45, 2.75) is 32.0 Å². The van der Waals surface area contributed by atoms with E-state index in [-0.39, 0.29) is 23.3 Å². The number of benzene rings is 1. The lowest BCUT2D eigenvalue weighted by Gasteiger charge is -2.14. The second-order valence-electron chi connectivity index (χ2n) is 4.72. The van der Waals surface area contributed by atoms with Crippen LogP contribution in [0.5, 0.6) is 5.75 Å². The number of hydrogen-bond acceptors (Lipinski definition) is 4. The van der Waals surface area contributed by atoms with Crippen molar-refractivity contribution in [2.24, 2.45) is 0 Å². The van der Waals surface area contributed by atoms with Gasteiger partial charge in [-0.05, 0) is 31.9 Å². The van der Waals surface area contributed by atoms with Gasteiger partial charge in [-0.25, -0.2) is 4.79 Å². The molecule has 1 aliphatic heterocycles. The number of carbonyl (C=O) groups excluding carboxylic acids is 1. The molecular formula is C14H17NO5. The van der Waals surface area contributed by atoms with E-state index in [1.54, 1.807) is 0 Å². The molecule has 0 spiro atoms. The van der Waals surface area contributed by atoms with Gasteiger partial charge in [0.15, 0.2) is 0 Å². The molecule has 0 radical (unpaired) electrons. The summed E-state index contributed by atoms with van der Waals surface area (Å²) in [5.74, 6) is -0.959. The normalized spacial score (nSPS) is 21.5. The van der Waals surface area contributed by atoms with Crippen molar-refractivity contribution >= 4 is 17.6 Å². The molecule has 1 heterocycles. The monoisotopic (exact) mass is 279 g/mol. The molecule has 0 bridgehead atoms. The van der Waals surface area contributed by atoms with Gasteiger partial charge in [0.25, 0.3) is 5.91 Å². The van der Waals surface area contributed by atoms with Crippen LogP contribution in [0.3, 0.4) is 0 Å². The molecule has 1 aromatic rings. The molecule has 1 aromatic carbocycles. The number of hydrogen-bond donors (Lipinski definition) is 2. The van der Waals surface area contributed by atoms with Crippen LogP contribution >= 0.6 is 0 Å². The van der Waals surface area contributed by atoms with E-state index in [0.717, 1.165) is 6.42 Å². The third-order valence-corrected chi connectivity index (χ3v) is 3.24. The van der Waals surface area contributed by atoms with E-state index < -0.39 is 12.1 Å². The fraction of sp³-hybridized carbons (Fsp3) is 0.429. The second kappa shape index (κ2) is 5.92. The lowest BCUT2D eigenvalue weighted by molar-refractivity contribution is -0.126. The molecule has 0 aliphatic carbocycles. The van der Waals surface area contributed by atoms with Gasteiger partial charge in [0, 0.05) is 6.07 Å². The topological polar surface area (TPSA) is 84.9 Å². The minimum absolute atomic E-state index is 0.0187. The van der Waals surface area contributed by atoms with Crippen LogP contribution in [0.4, 0.5) is 5.69 Å². The number of ether oxygens (including phenoxy) is 2. The van der Waals surface area contributed by atoms with Gasteiger partial charge >= 0.3 is 5.97 Å². The minimum Gasteiger partial charge on any atom is -0.497 e. The summed E-state index contributed by atoms with van der Waals surface area (Å²) in [5.41, 5.74) is 0.232. The third kappa shape index (κ3) is 3.08. The van der Waals surface area contributed by atoms with E-state index in [9.17, 15) is 9.59 Å². The van der Waals surface area contributed by atoms with Gasteiger partial charge < -0.3 is 19.9 Å². The Hall–Kier alpha value is -2.08. The Balaban J connectivity index is 2.18. The van der Waals surface area contributed by atoms with Gasteiger partial charge in [0.1, 0.15) is 11.9 Å². The van der Waals surface area contributed by atoms with Crippen LogP contribution in [0, 0.1) is 0 Å². The van der Waals surface area contributed by atoms with Crippen molar-refractivity contribution in [3.8, 4) is 5.75 Å². The van der Waals surface area contributed by atoms with Crippen molar-refractivity contribution in [1.82, 2.24) is 0 Å². The van der Waals surface area contributed by atoms with E-state index in [0.29, 0.717) is 12.2 Å². The SMILES string of the molecule is COc1ccc(C(=O)O)c(NC(=O)C2CCC(C)O2)c1. The van der Waals surface area contributed by atoms with E-state index in [4.69, 9.17) is 14.6 Å². The van der Waals surface area contributed by atoms with Crippen LogP contribution in [0.15, 0.2) is 18.2 Å². The Morgan fingerprint density at radius 1 is 1.40 bits per heavy atom. The Morgan fingerprint density at radius 2 is 2.15 bits per heavy atom. The van der Waals surface area contributed by atoms with E-state index >= 15 is 0 Å². The van der Waals surface area contributed by atoms with Crippen molar-refractivity contribution < 1.29 is 24.2 Å². The number of carboxylic acid groups (broad SMARTS) is 1. The van der Waals surface area contributed by atoms with Crippen LogP contribution in [0.2, 0.25) is 0 Å². The molecule has 108 valence electrons. The van der Waals surface area contributed by atoms with Crippen LogP contribution in [0.25, 0.3) is 0 Å². The highest BCUT2D eigenvalue weighted by molar-refractivity contribution is 6.02. The third-order valence-electron chi connectivity index (χ3n) is 3.24. The van der Waals surface area contributed by atoms with Crippen molar-refractivity contribution in [1.29, 1.82) is 0 Å². The zero-order chi connectivity index (χ0) is 14.7. The second-order valence-corrected chi connectivity index (χ2v) is 4.72. The van der Waals surface area contributed by atoms with Crippen molar-refractivity contribution in [3.05, 3.63) is 23.8 Å². The molecule has 2 N–H and O–H groups in total. The molecule has 6 nitrogen and oxygen atoms in total. The van der Waals surface area contributed by atoms with Crippen molar-refractivity contribution in [3.63, 3.8) is 0 Å². The molecule has 2 rings (SSSR count). The number of anilines is 1. The van der Waals surface area contributed by atoms with Gasteiger partial charge in [-0.2, -0.15) is 0 Å².